The molecule has 6 nitrogen and oxygen atoms in total. The highest BCUT2D eigenvalue weighted by molar-refractivity contribution is 6.42. The van der Waals surface area contributed by atoms with Crippen LogP contribution in [0.3, 0.4) is 0 Å². The maximum Gasteiger partial charge on any atom is 0.240 e. The minimum atomic E-state index is -0.202. The van der Waals surface area contributed by atoms with Crippen LogP contribution in [0.2, 0.25) is 20.1 Å². The van der Waals surface area contributed by atoms with Crippen molar-refractivity contribution in [3.63, 3.8) is 0 Å². The average molecular weight is 502 g/mol. The van der Waals surface area contributed by atoms with Gasteiger partial charge in [0.2, 0.25) is 11.8 Å². The van der Waals surface area contributed by atoms with Crippen LogP contribution in [0.25, 0.3) is 0 Å². The van der Waals surface area contributed by atoms with Crippen LogP contribution >= 0.6 is 46.4 Å². The van der Waals surface area contributed by atoms with Crippen LogP contribution in [0.5, 0.6) is 0 Å². The highest BCUT2D eigenvalue weighted by atomic mass is 35.5. The number of carbonyl (C=O) groups is 2. The first-order chi connectivity index (χ1) is 14.8. The zero-order valence-electron chi connectivity index (χ0n) is 16.4. The van der Waals surface area contributed by atoms with Gasteiger partial charge in [-0.1, -0.05) is 65.0 Å². The highest BCUT2D eigenvalue weighted by Gasteiger charge is 2.03. The molecule has 0 spiro atoms. The number of hydrazone groups is 2. The molecule has 2 N–H and O–H groups in total. The lowest BCUT2D eigenvalue weighted by atomic mass is 10.1. The number of nitrogens with zero attached hydrogens (tertiary/aromatic N) is 2. The van der Waals surface area contributed by atoms with Gasteiger partial charge < -0.3 is 0 Å². The van der Waals surface area contributed by atoms with Crippen LogP contribution in [0.15, 0.2) is 46.6 Å². The Hall–Kier alpha value is -2.12. The van der Waals surface area contributed by atoms with E-state index >= 15 is 0 Å². The van der Waals surface area contributed by atoms with E-state index in [1.807, 2.05) is 0 Å². The van der Waals surface area contributed by atoms with Crippen molar-refractivity contribution < 1.29 is 9.59 Å². The van der Waals surface area contributed by atoms with Crippen LogP contribution in [0, 0.1) is 0 Å². The Morgan fingerprint density at radius 1 is 0.677 bits per heavy atom. The van der Waals surface area contributed by atoms with Crippen molar-refractivity contribution in [2.45, 2.75) is 32.1 Å². The molecule has 2 aromatic rings. The lowest BCUT2D eigenvalue weighted by molar-refractivity contribution is -0.121. The van der Waals surface area contributed by atoms with Crippen molar-refractivity contribution in [2.24, 2.45) is 10.2 Å². The standard InChI is InChI=1S/C21H20Cl4N4O2/c22-16-8-6-14(10-18(16)24)12-26-28-20(30)4-2-1-3-5-21(31)29-27-13-15-7-9-17(23)19(25)11-15/h6-13H,1-5H2,(H,28,30)(H,29,31)/b26-12+,27-13+. The number of rotatable bonds is 10. The van der Waals surface area contributed by atoms with Gasteiger partial charge in [-0.25, -0.2) is 10.9 Å². The molecule has 0 radical (unpaired) electrons. The van der Waals surface area contributed by atoms with Gasteiger partial charge in [-0.3, -0.25) is 9.59 Å². The summed E-state index contributed by atoms with van der Waals surface area (Å²) in [4.78, 5) is 23.6. The number of halogens is 4. The molecule has 0 saturated heterocycles. The van der Waals surface area contributed by atoms with Gasteiger partial charge in [0.1, 0.15) is 0 Å². The van der Waals surface area contributed by atoms with E-state index in [1.165, 1.54) is 12.4 Å². The third kappa shape index (κ3) is 9.70. The molecule has 164 valence electrons. The Bertz CT molecular complexity index is 902. The molecule has 0 aliphatic carbocycles. The molecule has 10 heteroatoms. The SMILES string of the molecule is O=C(CCCCCC(=O)N/N=C/c1ccc(Cl)c(Cl)c1)N/N=C/c1ccc(Cl)c(Cl)c1. The fraction of sp³-hybridized carbons (Fsp3) is 0.238. The van der Waals surface area contributed by atoms with Crippen LogP contribution in [0.1, 0.15) is 43.2 Å². The van der Waals surface area contributed by atoms with Crippen molar-refractivity contribution in [3.8, 4) is 0 Å². The number of hydrogen-bond acceptors (Lipinski definition) is 4. The molecule has 0 fully saturated rings. The van der Waals surface area contributed by atoms with Gasteiger partial charge in [-0.2, -0.15) is 10.2 Å². The van der Waals surface area contributed by atoms with Gasteiger partial charge in [0.05, 0.1) is 32.5 Å². The molecule has 0 unspecified atom stereocenters. The monoisotopic (exact) mass is 500 g/mol. The molecule has 0 atom stereocenters. The number of unbranched alkanes of at least 4 members (excludes halogenated alkanes) is 2. The molecule has 2 rings (SSSR count). The van der Waals surface area contributed by atoms with E-state index in [1.54, 1.807) is 36.4 Å². The Labute approximate surface area is 200 Å². The number of amides is 2. The second-order valence-corrected chi connectivity index (χ2v) is 8.12. The van der Waals surface area contributed by atoms with E-state index in [2.05, 4.69) is 21.1 Å². The summed E-state index contributed by atoms with van der Waals surface area (Å²) in [6, 6.07) is 10.1. The molecule has 0 bridgehead atoms. The van der Waals surface area contributed by atoms with E-state index in [0.29, 0.717) is 45.8 Å². The van der Waals surface area contributed by atoms with Crippen molar-refractivity contribution in [2.75, 3.05) is 0 Å². The number of carbonyl (C=O) groups excluding carboxylic acids is 2. The van der Waals surface area contributed by atoms with E-state index in [0.717, 1.165) is 17.5 Å². The van der Waals surface area contributed by atoms with E-state index in [9.17, 15) is 9.59 Å². The first kappa shape index (κ1) is 25.1. The molecule has 0 aromatic heterocycles. The fourth-order valence-corrected chi connectivity index (χ4v) is 3.02. The Balaban J connectivity index is 1.57. The Morgan fingerprint density at radius 3 is 1.48 bits per heavy atom. The van der Waals surface area contributed by atoms with E-state index < -0.39 is 0 Å². The predicted molar refractivity (Wildman–Crippen MR) is 127 cm³/mol. The van der Waals surface area contributed by atoms with Crippen LogP contribution in [-0.4, -0.2) is 24.2 Å². The average Bonchev–Trinajstić information content (AvgIpc) is 2.73. The van der Waals surface area contributed by atoms with E-state index in [-0.39, 0.29) is 11.8 Å². The lowest BCUT2D eigenvalue weighted by Crippen LogP contribution is -2.18. The normalized spacial score (nSPS) is 11.2. The zero-order chi connectivity index (χ0) is 22.6. The Kier molecular flexibility index (Phi) is 10.8. The van der Waals surface area contributed by atoms with Crippen molar-refractivity contribution in [3.05, 3.63) is 67.6 Å². The third-order valence-electron chi connectivity index (χ3n) is 4.00. The highest BCUT2D eigenvalue weighted by Crippen LogP contribution is 2.22. The molecule has 0 saturated carbocycles. The smallest absolute Gasteiger partial charge is 0.240 e. The molecule has 0 heterocycles. The second-order valence-electron chi connectivity index (χ2n) is 6.49. The van der Waals surface area contributed by atoms with Gasteiger partial charge in [0, 0.05) is 12.8 Å². The van der Waals surface area contributed by atoms with Gasteiger partial charge in [-0.05, 0) is 48.2 Å². The van der Waals surface area contributed by atoms with Gasteiger partial charge in [0.25, 0.3) is 0 Å². The third-order valence-corrected chi connectivity index (χ3v) is 5.48. The van der Waals surface area contributed by atoms with Crippen LogP contribution in [-0.2, 0) is 9.59 Å². The van der Waals surface area contributed by atoms with Gasteiger partial charge >= 0.3 is 0 Å². The van der Waals surface area contributed by atoms with Crippen LogP contribution in [0.4, 0.5) is 0 Å². The molecule has 31 heavy (non-hydrogen) atoms. The summed E-state index contributed by atoms with van der Waals surface area (Å²) in [5.41, 5.74) is 6.36. The maximum atomic E-state index is 11.8. The quantitative estimate of drug-likeness (QED) is 0.243. The first-order valence-corrected chi connectivity index (χ1v) is 10.9. The van der Waals surface area contributed by atoms with Gasteiger partial charge in [0.15, 0.2) is 0 Å². The van der Waals surface area contributed by atoms with Gasteiger partial charge in [-0.15, -0.1) is 0 Å². The summed E-state index contributed by atoms with van der Waals surface area (Å²) in [6.07, 6.45) is 5.63. The summed E-state index contributed by atoms with van der Waals surface area (Å²) in [6.45, 7) is 0. The predicted octanol–water partition coefficient (Wildman–Crippen LogP) is 5.85. The molecule has 2 aromatic carbocycles. The van der Waals surface area contributed by atoms with Crippen LogP contribution < -0.4 is 10.9 Å². The molecule has 2 amide bonds. The first-order valence-electron chi connectivity index (χ1n) is 9.39. The number of hydrogen-bond donors (Lipinski definition) is 2. The molecular formula is C21H20Cl4N4O2. The lowest BCUT2D eigenvalue weighted by Gasteiger charge is -2.02. The molecular weight excluding hydrogens is 482 g/mol. The Morgan fingerprint density at radius 2 is 1.10 bits per heavy atom. The van der Waals surface area contributed by atoms with E-state index in [4.69, 9.17) is 46.4 Å². The second kappa shape index (κ2) is 13.3. The summed E-state index contributed by atoms with van der Waals surface area (Å²) in [7, 11) is 0. The largest absolute Gasteiger partial charge is 0.273 e. The molecule has 0 aliphatic rings. The minimum absolute atomic E-state index is 0.202. The van der Waals surface area contributed by atoms with Crippen molar-refractivity contribution in [1.82, 2.24) is 10.9 Å². The maximum absolute atomic E-state index is 11.8. The summed E-state index contributed by atoms with van der Waals surface area (Å²) < 4.78 is 0. The number of nitrogens with one attached hydrogen (secondary N) is 2. The molecule has 0 aliphatic heterocycles. The topological polar surface area (TPSA) is 82.9 Å². The summed E-state index contributed by atoms with van der Waals surface area (Å²) in [5, 5.41) is 9.52. The fourth-order valence-electron chi connectivity index (χ4n) is 2.40. The van der Waals surface area contributed by atoms with Crippen molar-refractivity contribution in [1.29, 1.82) is 0 Å². The summed E-state index contributed by atoms with van der Waals surface area (Å²) in [5.74, 6) is -0.404. The van der Waals surface area contributed by atoms with Crippen molar-refractivity contribution >= 4 is 70.6 Å². The zero-order valence-corrected chi connectivity index (χ0v) is 19.4. The number of benzene rings is 2. The minimum Gasteiger partial charge on any atom is -0.273 e. The summed E-state index contributed by atoms with van der Waals surface area (Å²) >= 11 is 23.5.